The average molecular weight is 386 g/mol. The molecule has 3 aromatic rings. The summed E-state index contributed by atoms with van der Waals surface area (Å²) in [6, 6.07) is 9.88. The summed E-state index contributed by atoms with van der Waals surface area (Å²) in [5.74, 6) is 1.16. The Morgan fingerprint density at radius 3 is 2.89 bits per heavy atom. The number of hydrogen-bond acceptors (Lipinski definition) is 6. The molecule has 142 valence electrons. The molecule has 2 aromatic heterocycles. The van der Waals surface area contributed by atoms with Crippen molar-refractivity contribution in [3.8, 4) is 11.4 Å². The third-order valence-electron chi connectivity index (χ3n) is 4.65. The number of aromatic nitrogens is 3. The van der Waals surface area contributed by atoms with Crippen LogP contribution in [0.5, 0.6) is 0 Å². The van der Waals surface area contributed by atoms with Gasteiger partial charge in [-0.05, 0) is 31.2 Å². The zero-order valence-electron chi connectivity index (χ0n) is 15.3. The van der Waals surface area contributed by atoms with Crippen LogP contribution in [0.15, 0.2) is 36.5 Å². The van der Waals surface area contributed by atoms with Gasteiger partial charge in [0.2, 0.25) is 0 Å². The van der Waals surface area contributed by atoms with E-state index in [1.165, 1.54) is 6.26 Å². The number of rotatable bonds is 4. The maximum atomic E-state index is 11.8. The molecule has 0 amide bonds. The zero-order chi connectivity index (χ0) is 19.0. The molecule has 1 N–H and O–H groups in total. The summed E-state index contributed by atoms with van der Waals surface area (Å²) in [6.07, 6.45) is 3.11. The smallest absolute Gasteiger partial charge is 0.161 e. The van der Waals surface area contributed by atoms with Crippen LogP contribution in [-0.2, 0) is 20.3 Å². The molecule has 1 aliphatic heterocycles. The first-order valence-corrected chi connectivity index (χ1v) is 10.9. The minimum Gasteiger partial charge on any atom is -0.377 e. The Balaban J connectivity index is 1.81. The monoisotopic (exact) mass is 386 g/mol. The lowest BCUT2D eigenvalue weighted by molar-refractivity contribution is 0.0985. The molecule has 27 heavy (non-hydrogen) atoms. The molecule has 3 heterocycles. The standard InChI is InChI=1S/C19H22N4O3S/c1-13-11-26-8-7-23(13)18-10-16(12-27(2,24)25)21-19(22-18)15-3-4-17-14(9-15)5-6-20-17/h3-6,9-10,13,20H,7-8,11-12H2,1-2H3/t13-/m0/s1. The molecule has 1 atom stereocenters. The van der Waals surface area contributed by atoms with Gasteiger partial charge < -0.3 is 14.6 Å². The van der Waals surface area contributed by atoms with Crippen molar-refractivity contribution in [2.75, 3.05) is 30.9 Å². The molecule has 0 spiro atoms. The first-order chi connectivity index (χ1) is 12.9. The van der Waals surface area contributed by atoms with Crippen molar-refractivity contribution >= 4 is 26.6 Å². The number of sulfone groups is 1. The van der Waals surface area contributed by atoms with Crippen molar-refractivity contribution in [2.45, 2.75) is 18.7 Å². The van der Waals surface area contributed by atoms with Crippen LogP contribution < -0.4 is 4.90 Å². The van der Waals surface area contributed by atoms with Gasteiger partial charge in [0.25, 0.3) is 0 Å². The number of benzene rings is 1. The van der Waals surface area contributed by atoms with Crippen LogP contribution in [0, 0.1) is 0 Å². The predicted molar refractivity (Wildman–Crippen MR) is 105 cm³/mol. The first-order valence-electron chi connectivity index (χ1n) is 8.87. The fraction of sp³-hybridized carbons (Fsp3) is 0.368. The van der Waals surface area contributed by atoms with E-state index in [4.69, 9.17) is 9.72 Å². The van der Waals surface area contributed by atoms with Gasteiger partial charge in [0.05, 0.1) is 30.7 Å². The van der Waals surface area contributed by atoms with Crippen LogP contribution in [0.1, 0.15) is 12.6 Å². The Kier molecular flexibility index (Phi) is 4.61. The van der Waals surface area contributed by atoms with Crippen molar-refractivity contribution in [1.82, 2.24) is 15.0 Å². The van der Waals surface area contributed by atoms with Crippen molar-refractivity contribution < 1.29 is 13.2 Å². The van der Waals surface area contributed by atoms with Crippen molar-refractivity contribution in [3.05, 3.63) is 42.2 Å². The molecule has 0 aliphatic carbocycles. The predicted octanol–water partition coefficient (Wildman–Crippen LogP) is 2.39. The SMILES string of the molecule is C[C@H]1COCCN1c1cc(CS(C)(=O)=O)nc(-c2ccc3[nH]ccc3c2)n1. The number of aromatic amines is 1. The Morgan fingerprint density at radius 1 is 1.26 bits per heavy atom. The fourth-order valence-corrected chi connectivity index (χ4v) is 4.05. The summed E-state index contributed by atoms with van der Waals surface area (Å²) in [5.41, 5.74) is 2.40. The van der Waals surface area contributed by atoms with Crippen LogP contribution in [0.4, 0.5) is 5.82 Å². The number of H-pyrrole nitrogens is 1. The van der Waals surface area contributed by atoms with E-state index < -0.39 is 9.84 Å². The number of anilines is 1. The lowest BCUT2D eigenvalue weighted by Gasteiger charge is -2.34. The Bertz CT molecular complexity index is 1080. The van der Waals surface area contributed by atoms with Crippen LogP contribution >= 0.6 is 0 Å². The highest BCUT2D eigenvalue weighted by Gasteiger charge is 2.22. The van der Waals surface area contributed by atoms with Gasteiger partial charge in [-0.1, -0.05) is 0 Å². The summed E-state index contributed by atoms with van der Waals surface area (Å²) in [6.45, 7) is 4.03. The second-order valence-electron chi connectivity index (χ2n) is 7.01. The van der Waals surface area contributed by atoms with Crippen LogP contribution in [0.3, 0.4) is 0 Å². The highest BCUT2D eigenvalue weighted by Crippen LogP contribution is 2.26. The first kappa shape index (κ1) is 17.9. The lowest BCUT2D eigenvalue weighted by Crippen LogP contribution is -2.44. The normalized spacial score (nSPS) is 18.1. The third kappa shape index (κ3) is 3.96. The van der Waals surface area contributed by atoms with E-state index >= 15 is 0 Å². The highest BCUT2D eigenvalue weighted by atomic mass is 32.2. The molecule has 1 aliphatic rings. The van der Waals surface area contributed by atoms with Gasteiger partial charge in [-0.25, -0.2) is 18.4 Å². The van der Waals surface area contributed by atoms with Gasteiger partial charge in [-0.3, -0.25) is 0 Å². The van der Waals surface area contributed by atoms with Crippen LogP contribution in [0.25, 0.3) is 22.3 Å². The summed E-state index contributed by atoms with van der Waals surface area (Å²) >= 11 is 0. The van der Waals surface area contributed by atoms with E-state index in [2.05, 4.69) is 21.8 Å². The lowest BCUT2D eigenvalue weighted by atomic mass is 10.1. The minimum absolute atomic E-state index is 0.110. The summed E-state index contributed by atoms with van der Waals surface area (Å²) < 4.78 is 29.2. The molecule has 7 nitrogen and oxygen atoms in total. The zero-order valence-corrected chi connectivity index (χ0v) is 16.2. The Labute approximate surface area is 158 Å². The van der Waals surface area contributed by atoms with E-state index in [1.54, 1.807) is 6.07 Å². The highest BCUT2D eigenvalue weighted by molar-refractivity contribution is 7.89. The Hall–Kier alpha value is -2.45. The maximum absolute atomic E-state index is 11.8. The Morgan fingerprint density at radius 2 is 2.11 bits per heavy atom. The number of ether oxygens (including phenoxy) is 1. The van der Waals surface area contributed by atoms with E-state index in [9.17, 15) is 8.42 Å². The molecule has 0 bridgehead atoms. The van der Waals surface area contributed by atoms with Gasteiger partial charge in [0, 0.05) is 41.5 Å². The minimum atomic E-state index is -3.20. The molecule has 0 saturated carbocycles. The largest absolute Gasteiger partial charge is 0.377 e. The van der Waals surface area contributed by atoms with Gasteiger partial charge >= 0.3 is 0 Å². The second kappa shape index (κ2) is 6.94. The van der Waals surface area contributed by atoms with Crippen molar-refractivity contribution in [3.63, 3.8) is 0 Å². The molecule has 1 aromatic carbocycles. The summed E-state index contributed by atoms with van der Waals surface area (Å²) in [5, 5.41) is 1.06. The third-order valence-corrected chi connectivity index (χ3v) is 5.47. The quantitative estimate of drug-likeness (QED) is 0.741. The fourth-order valence-electron chi connectivity index (χ4n) is 3.36. The number of nitrogens with zero attached hydrogens (tertiary/aromatic N) is 3. The number of fused-ring (bicyclic) bond motifs is 1. The van der Waals surface area contributed by atoms with Gasteiger partial charge in [0.1, 0.15) is 5.82 Å². The molecular formula is C19H22N4O3S. The summed E-state index contributed by atoms with van der Waals surface area (Å²) in [7, 11) is -3.20. The van der Waals surface area contributed by atoms with E-state index in [0.717, 1.165) is 22.3 Å². The van der Waals surface area contributed by atoms with E-state index in [1.807, 2.05) is 30.5 Å². The maximum Gasteiger partial charge on any atom is 0.161 e. The molecule has 1 saturated heterocycles. The average Bonchev–Trinajstić information content (AvgIpc) is 3.08. The van der Waals surface area contributed by atoms with E-state index in [-0.39, 0.29) is 11.8 Å². The van der Waals surface area contributed by atoms with Crippen LogP contribution in [-0.4, -0.2) is 55.4 Å². The molecule has 1 fully saturated rings. The van der Waals surface area contributed by atoms with Crippen LogP contribution in [0.2, 0.25) is 0 Å². The van der Waals surface area contributed by atoms with Gasteiger partial charge in [-0.15, -0.1) is 0 Å². The van der Waals surface area contributed by atoms with Crippen molar-refractivity contribution in [1.29, 1.82) is 0 Å². The molecule has 4 rings (SSSR count). The molecule has 8 heteroatoms. The summed E-state index contributed by atoms with van der Waals surface area (Å²) in [4.78, 5) is 14.6. The van der Waals surface area contributed by atoms with Gasteiger partial charge in [0.15, 0.2) is 15.7 Å². The van der Waals surface area contributed by atoms with E-state index in [0.29, 0.717) is 31.3 Å². The van der Waals surface area contributed by atoms with Gasteiger partial charge in [-0.2, -0.15) is 0 Å². The number of hydrogen-bond donors (Lipinski definition) is 1. The number of morpholine rings is 1. The topological polar surface area (TPSA) is 88.2 Å². The molecule has 0 unspecified atom stereocenters. The van der Waals surface area contributed by atoms with Crippen molar-refractivity contribution in [2.24, 2.45) is 0 Å². The molecule has 0 radical (unpaired) electrons. The molecular weight excluding hydrogens is 364 g/mol. The number of nitrogens with one attached hydrogen (secondary N) is 1. The second-order valence-corrected chi connectivity index (χ2v) is 9.15.